The molecule has 11 N–H and O–H groups in total. The van der Waals surface area contributed by atoms with Crippen LogP contribution >= 0.6 is 0 Å². The number of rotatable bonds is 11. The molecule has 20 heteroatoms. The van der Waals surface area contributed by atoms with E-state index in [1.165, 1.54) is 30.3 Å². The SMILES string of the molecule is CC1(C)CC[C@]2(C(=O)O[C@@H]3OC[C@H](O)[C@H](O[C@@H]4O[C@H](CO)[C@@H](O)[C@H](O)[C@H]4O)[C@H]3OC(=O)C=Cc3ccc(O[C@@H]4O[C@H](CO)[C@@H](O)[C@H](O)[C@H]4O)cc3)[C@H](O)C[C@]3(C)C(=CC[C@@H]4[C@@]5(C)CC[C@H](O)C(C)(C)[C@@H]5CC[C@]43C)[C@@H]2C1. The summed E-state index contributed by atoms with van der Waals surface area (Å²) in [6.45, 7) is 13.8. The number of aliphatic hydroxyl groups excluding tert-OH is 11. The molecule has 9 rings (SSSR count). The Kier molecular flexibility index (Phi) is 15.9. The van der Waals surface area contributed by atoms with Gasteiger partial charge in [-0.3, -0.25) is 4.79 Å². The normalized spacial score (nSPS) is 47.8. The lowest BCUT2D eigenvalue weighted by Gasteiger charge is -2.71. The molecule has 1 aromatic carbocycles. The highest BCUT2D eigenvalue weighted by Crippen LogP contribution is 2.76. The van der Waals surface area contributed by atoms with E-state index in [0.29, 0.717) is 24.3 Å². The van der Waals surface area contributed by atoms with Gasteiger partial charge < -0.3 is 89.3 Å². The van der Waals surface area contributed by atoms with Crippen LogP contribution in [0.25, 0.3) is 6.08 Å². The summed E-state index contributed by atoms with van der Waals surface area (Å²) in [5.74, 6) is -1.56. The minimum absolute atomic E-state index is 0.0660. The van der Waals surface area contributed by atoms with Crippen molar-refractivity contribution in [3.05, 3.63) is 47.6 Å². The molecule has 0 bridgehead atoms. The maximum atomic E-state index is 15.5. The van der Waals surface area contributed by atoms with Crippen LogP contribution in [0.15, 0.2) is 42.0 Å². The van der Waals surface area contributed by atoms with E-state index in [0.717, 1.165) is 43.8 Å². The summed E-state index contributed by atoms with van der Waals surface area (Å²) in [7, 11) is 0. The first-order valence-corrected chi connectivity index (χ1v) is 27.2. The fraction of sp³-hybridized carbons (Fsp3) is 0.786. The maximum Gasteiger partial charge on any atom is 0.331 e. The zero-order valence-electron chi connectivity index (χ0n) is 44.6. The minimum Gasteiger partial charge on any atom is -0.462 e. The van der Waals surface area contributed by atoms with Crippen molar-refractivity contribution in [3.63, 3.8) is 0 Å². The summed E-state index contributed by atoms with van der Waals surface area (Å²) in [5.41, 5.74) is -1.23. The van der Waals surface area contributed by atoms with Crippen molar-refractivity contribution >= 4 is 18.0 Å². The second-order valence-corrected chi connectivity index (χ2v) is 25.4. The van der Waals surface area contributed by atoms with Crippen LogP contribution in [0.1, 0.15) is 112 Å². The third-order valence-electron chi connectivity index (χ3n) is 20.5. The Bertz CT molecular complexity index is 2320. The van der Waals surface area contributed by atoms with Gasteiger partial charge in [-0.25, -0.2) is 4.79 Å². The molecule has 1 aromatic rings. The van der Waals surface area contributed by atoms with Crippen LogP contribution in [0.3, 0.4) is 0 Å². The van der Waals surface area contributed by atoms with Crippen molar-refractivity contribution in [2.24, 2.45) is 50.2 Å². The minimum atomic E-state index is -1.92. The van der Waals surface area contributed by atoms with Gasteiger partial charge in [-0.1, -0.05) is 72.2 Å². The molecule has 0 aromatic heterocycles. The highest BCUT2D eigenvalue weighted by molar-refractivity contribution is 5.87. The van der Waals surface area contributed by atoms with E-state index in [1.807, 2.05) is 0 Å². The smallest absolute Gasteiger partial charge is 0.331 e. The number of carbonyl (C=O) groups excluding carboxylic acids is 2. The summed E-state index contributed by atoms with van der Waals surface area (Å²) >= 11 is 0. The van der Waals surface area contributed by atoms with Gasteiger partial charge in [-0.05, 0) is 126 Å². The Balaban J connectivity index is 0.993. The van der Waals surface area contributed by atoms with E-state index in [4.69, 9.17) is 33.2 Å². The second-order valence-electron chi connectivity index (χ2n) is 25.4. The van der Waals surface area contributed by atoms with Crippen molar-refractivity contribution in [1.82, 2.24) is 0 Å². The third kappa shape index (κ3) is 9.59. The molecule has 5 aliphatic carbocycles. The molecule has 3 aliphatic heterocycles. The van der Waals surface area contributed by atoms with Gasteiger partial charge in [0, 0.05) is 6.08 Å². The fourth-order valence-electron chi connectivity index (χ4n) is 15.7. The quantitative estimate of drug-likeness (QED) is 0.0847. The van der Waals surface area contributed by atoms with Gasteiger partial charge in [0.1, 0.15) is 72.2 Å². The first-order valence-electron chi connectivity index (χ1n) is 27.2. The summed E-state index contributed by atoms with van der Waals surface area (Å²) < 4.78 is 41.2. The van der Waals surface area contributed by atoms with E-state index >= 15 is 4.79 Å². The molecule has 8 aliphatic rings. The number of aliphatic hydroxyl groups is 11. The summed E-state index contributed by atoms with van der Waals surface area (Å²) in [4.78, 5) is 29.4. The Labute approximate surface area is 443 Å². The topological polar surface area (TPSA) is 321 Å². The van der Waals surface area contributed by atoms with Gasteiger partial charge in [0.05, 0.1) is 32.0 Å². The van der Waals surface area contributed by atoms with Crippen LogP contribution in [0.4, 0.5) is 0 Å². The number of hydrogen-bond acceptors (Lipinski definition) is 20. The molecule has 0 radical (unpaired) electrons. The number of esters is 2. The van der Waals surface area contributed by atoms with E-state index in [-0.39, 0.29) is 52.3 Å². The molecule has 4 saturated carbocycles. The Morgan fingerprint density at radius 3 is 1.95 bits per heavy atom. The van der Waals surface area contributed by atoms with Gasteiger partial charge in [0.15, 0.2) is 12.4 Å². The van der Waals surface area contributed by atoms with Crippen LogP contribution < -0.4 is 4.74 Å². The highest BCUT2D eigenvalue weighted by Gasteiger charge is 2.72. The Morgan fingerprint density at radius 1 is 0.671 bits per heavy atom. The number of fused-ring (bicyclic) bond motifs is 7. The lowest BCUT2D eigenvalue weighted by molar-refractivity contribution is -0.347. The molecule has 23 atom stereocenters. The van der Waals surface area contributed by atoms with Gasteiger partial charge in [-0.15, -0.1) is 0 Å². The predicted octanol–water partition coefficient (Wildman–Crippen LogP) is 1.37. The van der Waals surface area contributed by atoms with E-state index in [9.17, 15) is 61.0 Å². The van der Waals surface area contributed by atoms with Gasteiger partial charge in [0.25, 0.3) is 0 Å². The zero-order chi connectivity index (χ0) is 55.2. The number of allylic oxidation sites excluding steroid dienone is 2. The molecule has 3 heterocycles. The lowest BCUT2D eigenvalue weighted by atomic mass is 9.33. The van der Waals surface area contributed by atoms with Crippen molar-refractivity contribution in [3.8, 4) is 5.75 Å². The summed E-state index contributed by atoms with van der Waals surface area (Å²) in [5, 5.41) is 118. The fourth-order valence-corrected chi connectivity index (χ4v) is 15.7. The first kappa shape index (κ1) is 57.5. The van der Waals surface area contributed by atoms with Crippen LogP contribution in [0, 0.1) is 50.2 Å². The van der Waals surface area contributed by atoms with E-state index < -0.39 is 141 Å². The van der Waals surface area contributed by atoms with Crippen LogP contribution in [-0.4, -0.2) is 186 Å². The van der Waals surface area contributed by atoms with Crippen molar-refractivity contribution in [2.45, 2.75) is 204 Å². The first-order chi connectivity index (χ1) is 35.7. The molecule has 0 spiro atoms. The van der Waals surface area contributed by atoms with Crippen LogP contribution in [-0.2, 0) is 38.0 Å². The molecule has 0 unspecified atom stereocenters. The van der Waals surface area contributed by atoms with E-state index in [2.05, 4.69) is 54.5 Å². The number of ether oxygens (including phenoxy) is 7. The van der Waals surface area contributed by atoms with Gasteiger partial charge in [-0.2, -0.15) is 0 Å². The monoisotopic (exact) mass is 1070 g/mol. The number of hydrogen-bond donors (Lipinski definition) is 11. The molecule has 20 nitrogen and oxygen atoms in total. The number of benzene rings is 1. The van der Waals surface area contributed by atoms with Crippen LogP contribution in [0.5, 0.6) is 5.75 Å². The standard InChI is InChI=1S/C56H82O20/c1-51(2)20-21-56(30(22-51)29-13-14-35-53(5)18-17-36(60)52(3,4)34(53)16-19-54(35,6)55(29,7)23-37(56)61)50(69)76-49-46(45(31(59)26-70-49)75-48-44(68)42(66)40(64)33(25-58)73-48)74-38(62)15-10-27-8-11-28(12-9-27)71-47-43(67)41(65)39(63)32(24-57)72-47/h8-13,15,30-37,39-49,57-61,63-68H,14,16-26H2,1-7H3/t30-,31-,32+,33+,34-,35+,36-,37+,39+,40+,41-,42-,43+,44+,45-,46+,47+,48-,49-,53-,54+,55+,56+/m0/s1. The third-order valence-corrected chi connectivity index (χ3v) is 20.5. The lowest BCUT2D eigenvalue weighted by Crippen LogP contribution is -2.68. The highest BCUT2D eigenvalue weighted by atomic mass is 16.8. The van der Waals surface area contributed by atoms with Crippen molar-refractivity contribution in [1.29, 1.82) is 0 Å². The number of carbonyl (C=O) groups is 2. The largest absolute Gasteiger partial charge is 0.462 e. The average Bonchev–Trinajstić information content (AvgIpc) is 3.46. The molecule has 426 valence electrons. The predicted molar refractivity (Wildman–Crippen MR) is 267 cm³/mol. The van der Waals surface area contributed by atoms with Crippen LogP contribution in [0.2, 0.25) is 0 Å². The Morgan fingerprint density at radius 2 is 1.30 bits per heavy atom. The average molecular weight is 1080 g/mol. The summed E-state index contributed by atoms with van der Waals surface area (Å²) in [6, 6.07) is 6.00. The van der Waals surface area contributed by atoms with Gasteiger partial charge in [0.2, 0.25) is 12.6 Å². The van der Waals surface area contributed by atoms with E-state index in [1.54, 1.807) is 0 Å². The second kappa shape index (κ2) is 21.1. The molecule has 3 saturated heterocycles. The van der Waals surface area contributed by atoms with Crippen molar-refractivity contribution in [2.75, 3.05) is 19.8 Å². The Hall–Kier alpha value is -3.16. The molecule has 76 heavy (non-hydrogen) atoms. The summed E-state index contributed by atoms with van der Waals surface area (Å²) in [6.07, 6.45) is -14.0. The zero-order valence-corrected chi connectivity index (χ0v) is 44.6. The molecule has 7 fully saturated rings. The van der Waals surface area contributed by atoms with Crippen molar-refractivity contribution < 1.29 is 98.9 Å². The molecule has 0 amide bonds. The molecular weight excluding hydrogens is 993 g/mol. The molecular formula is C56H82O20. The maximum absolute atomic E-state index is 15.5. The van der Waals surface area contributed by atoms with Gasteiger partial charge >= 0.3 is 11.9 Å².